The summed E-state index contributed by atoms with van der Waals surface area (Å²) in [5.74, 6) is 0.226. The SMILES string of the molecule is COc1ccc(-c2nnc(NC(=O)C(C)N(c3ccc(C)c(C)c3)S(C)(=O)=O)s2)cc1. The number of methoxy groups -OCH3 is 1. The Morgan fingerprint density at radius 3 is 2.35 bits per heavy atom. The molecule has 1 atom stereocenters. The van der Waals surface area contributed by atoms with Gasteiger partial charge < -0.3 is 4.74 Å². The number of benzene rings is 2. The molecule has 1 aromatic heterocycles. The van der Waals surface area contributed by atoms with Crippen molar-refractivity contribution in [1.82, 2.24) is 10.2 Å². The molecule has 31 heavy (non-hydrogen) atoms. The second-order valence-corrected chi connectivity index (χ2v) is 9.97. The molecule has 10 heteroatoms. The van der Waals surface area contributed by atoms with Crippen molar-refractivity contribution in [3.8, 4) is 16.3 Å². The number of sulfonamides is 1. The van der Waals surface area contributed by atoms with Crippen LogP contribution < -0.4 is 14.4 Å². The first-order valence-electron chi connectivity index (χ1n) is 9.45. The summed E-state index contributed by atoms with van der Waals surface area (Å²) in [5.41, 5.74) is 3.24. The molecule has 0 spiro atoms. The van der Waals surface area contributed by atoms with Gasteiger partial charge in [0, 0.05) is 5.56 Å². The van der Waals surface area contributed by atoms with Crippen LogP contribution in [0.2, 0.25) is 0 Å². The van der Waals surface area contributed by atoms with Crippen LogP contribution in [0.1, 0.15) is 18.1 Å². The van der Waals surface area contributed by atoms with Crippen LogP contribution in [0, 0.1) is 13.8 Å². The lowest BCUT2D eigenvalue weighted by Crippen LogP contribution is -2.45. The number of rotatable bonds is 7. The number of carbonyl (C=O) groups excluding carboxylic acids is 1. The van der Waals surface area contributed by atoms with Gasteiger partial charge in [-0.25, -0.2) is 8.42 Å². The maximum absolute atomic E-state index is 12.9. The molecule has 0 saturated carbocycles. The first kappa shape index (κ1) is 22.7. The van der Waals surface area contributed by atoms with Gasteiger partial charge in [-0.15, -0.1) is 10.2 Å². The third kappa shape index (κ3) is 5.20. The Kier molecular flexibility index (Phi) is 6.61. The quantitative estimate of drug-likeness (QED) is 0.578. The Labute approximate surface area is 185 Å². The Hall–Kier alpha value is -2.98. The smallest absolute Gasteiger partial charge is 0.249 e. The Morgan fingerprint density at radius 1 is 1.10 bits per heavy atom. The van der Waals surface area contributed by atoms with E-state index >= 15 is 0 Å². The summed E-state index contributed by atoms with van der Waals surface area (Å²) in [6.45, 7) is 5.37. The van der Waals surface area contributed by atoms with Crippen LogP contribution in [0.3, 0.4) is 0 Å². The second kappa shape index (κ2) is 9.03. The Bertz CT molecular complexity index is 1190. The van der Waals surface area contributed by atoms with E-state index in [2.05, 4.69) is 15.5 Å². The minimum absolute atomic E-state index is 0.288. The van der Waals surface area contributed by atoms with Crippen molar-refractivity contribution < 1.29 is 17.9 Å². The van der Waals surface area contributed by atoms with Crippen molar-refractivity contribution in [2.24, 2.45) is 0 Å². The van der Waals surface area contributed by atoms with E-state index in [1.807, 2.05) is 44.2 Å². The zero-order valence-corrected chi connectivity index (χ0v) is 19.5. The highest BCUT2D eigenvalue weighted by Gasteiger charge is 2.30. The molecular weight excluding hydrogens is 436 g/mol. The number of nitrogens with one attached hydrogen (secondary N) is 1. The molecule has 1 heterocycles. The lowest BCUT2D eigenvalue weighted by Gasteiger charge is -2.28. The molecule has 0 saturated heterocycles. The molecule has 8 nitrogen and oxygen atoms in total. The standard InChI is InChI=1S/C21H24N4O4S2/c1-13-6-9-17(12-14(13)2)25(31(5,27)28)15(3)19(26)22-21-24-23-20(30-21)16-7-10-18(29-4)11-8-16/h6-12,15H,1-5H3,(H,22,24,26). The lowest BCUT2D eigenvalue weighted by atomic mass is 10.1. The normalized spacial score (nSPS) is 12.3. The molecule has 0 aliphatic rings. The van der Waals surface area contributed by atoms with Gasteiger partial charge in [-0.1, -0.05) is 17.4 Å². The van der Waals surface area contributed by atoms with E-state index in [4.69, 9.17) is 4.74 Å². The number of anilines is 2. The van der Waals surface area contributed by atoms with Crippen molar-refractivity contribution in [3.05, 3.63) is 53.6 Å². The average molecular weight is 461 g/mol. The number of aromatic nitrogens is 2. The predicted octanol–water partition coefficient (Wildman–Crippen LogP) is 3.62. The van der Waals surface area contributed by atoms with E-state index in [1.54, 1.807) is 19.2 Å². The number of aryl methyl sites for hydroxylation is 2. The van der Waals surface area contributed by atoms with Gasteiger partial charge >= 0.3 is 0 Å². The highest BCUT2D eigenvalue weighted by molar-refractivity contribution is 7.92. The van der Waals surface area contributed by atoms with E-state index in [0.29, 0.717) is 10.7 Å². The molecule has 164 valence electrons. The van der Waals surface area contributed by atoms with Crippen molar-refractivity contribution in [2.45, 2.75) is 26.8 Å². The molecule has 1 N–H and O–H groups in total. The molecule has 0 aliphatic heterocycles. The zero-order chi connectivity index (χ0) is 22.8. The Balaban J connectivity index is 1.81. The minimum atomic E-state index is -3.70. The van der Waals surface area contributed by atoms with Gasteiger partial charge in [0.1, 0.15) is 16.8 Å². The van der Waals surface area contributed by atoms with E-state index in [1.165, 1.54) is 18.3 Å². The fraction of sp³-hybridized carbons (Fsp3) is 0.286. The van der Waals surface area contributed by atoms with Crippen molar-refractivity contribution in [3.63, 3.8) is 0 Å². The van der Waals surface area contributed by atoms with Gasteiger partial charge in [-0.2, -0.15) is 0 Å². The van der Waals surface area contributed by atoms with Gasteiger partial charge in [0.25, 0.3) is 0 Å². The molecule has 0 bridgehead atoms. The number of hydrogen-bond donors (Lipinski definition) is 1. The van der Waals surface area contributed by atoms with Gasteiger partial charge in [-0.05, 0) is 68.3 Å². The van der Waals surface area contributed by atoms with Crippen LogP contribution in [0.4, 0.5) is 10.8 Å². The molecule has 1 amide bonds. The average Bonchev–Trinajstić information content (AvgIpc) is 3.18. The van der Waals surface area contributed by atoms with Crippen LogP contribution in [-0.2, 0) is 14.8 Å². The lowest BCUT2D eigenvalue weighted by molar-refractivity contribution is -0.116. The highest BCUT2D eigenvalue weighted by Crippen LogP contribution is 2.29. The van der Waals surface area contributed by atoms with E-state index in [0.717, 1.165) is 33.0 Å². The third-order valence-electron chi connectivity index (χ3n) is 4.83. The third-order valence-corrected chi connectivity index (χ3v) is 6.95. The molecule has 1 unspecified atom stereocenters. The van der Waals surface area contributed by atoms with Crippen LogP contribution in [0.5, 0.6) is 5.75 Å². The van der Waals surface area contributed by atoms with Gasteiger partial charge in [-0.3, -0.25) is 14.4 Å². The number of carbonyl (C=O) groups is 1. The van der Waals surface area contributed by atoms with Crippen LogP contribution in [0.15, 0.2) is 42.5 Å². The van der Waals surface area contributed by atoms with Crippen LogP contribution in [0.25, 0.3) is 10.6 Å². The van der Waals surface area contributed by atoms with Crippen molar-refractivity contribution in [2.75, 3.05) is 23.0 Å². The number of amides is 1. The molecule has 0 radical (unpaired) electrons. The summed E-state index contributed by atoms with van der Waals surface area (Å²) in [4.78, 5) is 12.9. The maximum atomic E-state index is 12.9. The largest absolute Gasteiger partial charge is 0.497 e. The number of ether oxygens (including phenoxy) is 1. The highest BCUT2D eigenvalue weighted by atomic mass is 32.2. The first-order valence-corrected chi connectivity index (χ1v) is 12.1. The maximum Gasteiger partial charge on any atom is 0.249 e. The van der Waals surface area contributed by atoms with E-state index in [9.17, 15) is 13.2 Å². The van der Waals surface area contributed by atoms with Crippen LogP contribution in [-0.4, -0.2) is 43.9 Å². The molecule has 0 fully saturated rings. The summed E-state index contributed by atoms with van der Waals surface area (Å²) in [5, 5.41) is 11.7. The first-order chi connectivity index (χ1) is 14.6. The fourth-order valence-electron chi connectivity index (χ4n) is 3.01. The monoisotopic (exact) mass is 460 g/mol. The van der Waals surface area contributed by atoms with Crippen molar-refractivity contribution in [1.29, 1.82) is 0 Å². The molecule has 3 aromatic rings. The van der Waals surface area contributed by atoms with Crippen molar-refractivity contribution >= 4 is 38.1 Å². The van der Waals surface area contributed by atoms with E-state index in [-0.39, 0.29) is 5.13 Å². The molecule has 2 aromatic carbocycles. The fourth-order valence-corrected chi connectivity index (χ4v) is 4.92. The summed E-state index contributed by atoms with van der Waals surface area (Å²) in [7, 11) is -2.11. The summed E-state index contributed by atoms with van der Waals surface area (Å²) >= 11 is 1.20. The molecule has 0 aliphatic carbocycles. The van der Waals surface area contributed by atoms with Gasteiger partial charge in [0.2, 0.25) is 21.1 Å². The minimum Gasteiger partial charge on any atom is -0.497 e. The predicted molar refractivity (Wildman–Crippen MR) is 123 cm³/mol. The number of hydrogen-bond acceptors (Lipinski definition) is 7. The van der Waals surface area contributed by atoms with Gasteiger partial charge in [0.15, 0.2) is 0 Å². The molecular formula is C21H24N4O4S2. The summed E-state index contributed by atoms with van der Waals surface area (Å²) in [6, 6.07) is 11.6. The van der Waals surface area contributed by atoms with Gasteiger partial charge in [0.05, 0.1) is 19.1 Å². The molecule has 3 rings (SSSR count). The topological polar surface area (TPSA) is 101 Å². The Morgan fingerprint density at radius 2 is 1.77 bits per heavy atom. The second-order valence-electron chi connectivity index (χ2n) is 7.13. The van der Waals surface area contributed by atoms with Crippen LogP contribution >= 0.6 is 11.3 Å². The zero-order valence-electron chi connectivity index (χ0n) is 17.9. The summed E-state index contributed by atoms with van der Waals surface area (Å²) < 4.78 is 31.2. The summed E-state index contributed by atoms with van der Waals surface area (Å²) in [6.07, 6.45) is 1.08. The van der Waals surface area contributed by atoms with E-state index < -0.39 is 22.0 Å². The number of nitrogens with zero attached hydrogens (tertiary/aromatic N) is 3.